The van der Waals surface area contributed by atoms with Gasteiger partial charge in [0.15, 0.2) is 0 Å². The van der Waals surface area contributed by atoms with Gasteiger partial charge in [0.2, 0.25) is 0 Å². The standard InChI is InChI=1S/C11H18O2/c1-8(2)9-5-11(3,4)6-10(12)13-7-9/h5-7H2,1-4H3. The van der Waals surface area contributed by atoms with Gasteiger partial charge in [-0.25, -0.2) is 0 Å². The van der Waals surface area contributed by atoms with Gasteiger partial charge in [-0.2, -0.15) is 0 Å². The number of carbonyl (C=O) groups is 1. The van der Waals surface area contributed by atoms with E-state index >= 15 is 0 Å². The topological polar surface area (TPSA) is 26.3 Å². The van der Waals surface area contributed by atoms with E-state index in [9.17, 15) is 4.79 Å². The van der Waals surface area contributed by atoms with Gasteiger partial charge in [-0.05, 0) is 31.3 Å². The predicted molar refractivity (Wildman–Crippen MR) is 52.3 cm³/mol. The van der Waals surface area contributed by atoms with Gasteiger partial charge >= 0.3 is 5.97 Å². The van der Waals surface area contributed by atoms with Gasteiger partial charge in [-0.3, -0.25) is 4.79 Å². The fraction of sp³-hybridized carbons (Fsp3) is 0.727. The van der Waals surface area contributed by atoms with Crippen molar-refractivity contribution in [3.63, 3.8) is 0 Å². The zero-order valence-electron chi connectivity index (χ0n) is 8.94. The maximum absolute atomic E-state index is 11.2. The van der Waals surface area contributed by atoms with Crippen LogP contribution in [0.4, 0.5) is 0 Å². The third kappa shape index (κ3) is 2.87. The van der Waals surface area contributed by atoms with E-state index in [1.54, 1.807) is 0 Å². The summed E-state index contributed by atoms with van der Waals surface area (Å²) in [5.41, 5.74) is 2.61. The molecule has 0 radical (unpaired) electrons. The third-order valence-electron chi connectivity index (χ3n) is 2.43. The molecule has 0 N–H and O–H groups in total. The summed E-state index contributed by atoms with van der Waals surface area (Å²) in [4.78, 5) is 11.2. The molecule has 0 aromatic rings. The van der Waals surface area contributed by atoms with Crippen molar-refractivity contribution in [3.8, 4) is 0 Å². The summed E-state index contributed by atoms with van der Waals surface area (Å²) in [7, 11) is 0. The maximum Gasteiger partial charge on any atom is 0.306 e. The smallest absolute Gasteiger partial charge is 0.306 e. The Morgan fingerprint density at radius 2 is 1.92 bits per heavy atom. The number of esters is 1. The normalized spacial score (nSPS) is 22.2. The summed E-state index contributed by atoms with van der Waals surface area (Å²) in [5, 5.41) is 0. The van der Waals surface area contributed by atoms with E-state index in [1.165, 1.54) is 11.1 Å². The first-order valence-corrected chi connectivity index (χ1v) is 4.71. The SMILES string of the molecule is CC(C)=C1COC(=O)CC(C)(C)C1. The first-order chi connectivity index (χ1) is 5.91. The molecule has 2 nitrogen and oxygen atoms in total. The molecule has 13 heavy (non-hydrogen) atoms. The van der Waals surface area contributed by atoms with Crippen molar-refractivity contribution in [2.45, 2.75) is 40.5 Å². The first kappa shape index (κ1) is 10.3. The molecule has 0 aromatic heterocycles. The average molecular weight is 182 g/mol. The second kappa shape index (κ2) is 3.52. The second-order valence-electron chi connectivity index (χ2n) is 4.78. The van der Waals surface area contributed by atoms with Gasteiger partial charge in [0.05, 0.1) is 6.42 Å². The molecule has 74 valence electrons. The van der Waals surface area contributed by atoms with Crippen LogP contribution < -0.4 is 0 Å². The summed E-state index contributed by atoms with van der Waals surface area (Å²) in [6.07, 6.45) is 1.50. The minimum Gasteiger partial charge on any atom is -0.461 e. The van der Waals surface area contributed by atoms with Gasteiger partial charge in [0, 0.05) is 0 Å². The number of ether oxygens (including phenoxy) is 1. The van der Waals surface area contributed by atoms with Crippen molar-refractivity contribution in [1.29, 1.82) is 0 Å². The molecule has 2 heteroatoms. The summed E-state index contributed by atoms with van der Waals surface area (Å²) in [5.74, 6) is -0.0683. The van der Waals surface area contributed by atoms with Crippen LogP contribution in [0.5, 0.6) is 0 Å². The Labute approximate surface area is 80.0 Å². The highest BCUT2D eigenvalue weighted by molar-refractivity contribution is 5.71. The van der Waals surface area contributed by atoms with Crippen molar-refractivity contribution < 1.29 is 9.53 Å². The van der Waals surface area contributed by atoms with E-state index in [2.05, 4.69) is 27.7 Å². The Morgan fingerprint density at radius 1 is 1.31 bits per heavy atom. The van der Waals surface area contributed by atoms with Crippen molar-refractivity contribution in [2.24, 2.45) is 5.41 Å². The second-order valence-corrected chi connectivity index (χ2v) is 4.78. The number of hydrogen-bond acceptors (Lipinski definition) is 2. The number of allylic oxidation sites excluding steroid dienone is 1. The molecule has 0 spiro atoms. The van der Waals surface area contributed by atoms with Crippen LogP contribution >= 0.6 is 0 Å². The van der Waals surface area contributed by atoms with Crippen LogP contribution in [0.1, 0.15) is 40.5 Å². The summed E-state index contributed by atoms with van der Waals surface area (Å²) >= 11 is 0. The molecule has 0 atom stereocenters. The van der Waals surface area contributed by atoms with E-state index in [-0.39, 0.29) is 11.4 Å². The molecule has 0 bridgehead atoms. The first-order valence-electron chi connectivity index (χ1n) is 4.71. The van der Waals surface area contributed by atoms with Crippen LogP contribution in [-0.4, -0.2) is 12.6 Å². The van der Waals surface area contributed by atoms with Crippen molar-refractivity contribution in [3.05, 3.63) is 11.1 Å². The van der Waals surface area contributed by atoms with E-state index in [4.69, 9.17) is 4.74 Å². The quantitative estimate of drug-likeness (QED) is 0.425. The highest BCUT2D eigenvalue weighted by Gasteiger charge is 2.28. The maximum atomic E-state index is 11.2. The molecule has 1 heterocycles. The molecule has 0 aromatic carbocycles. The van der Waals surface area contributed by atoms with Gasteiger partial charge in [-0.1, -0.05) is 19.4 Å². The fourth-order valence-electron chi connectivity index (χ4n) is 1.62. The van der Waals surface area contributed by atoms with E-state index in [0.29, 0.717) is 13.0 Å². The Morgan fingerprint density at radius 3 is 2.46 bits per heavy atom. The van der Waals surface area contributed by atoms with Crippen LogP contribution in [0.25, 0.3) is 0 Å². The zero-order valence-corrected chi connectivity index (χ0v) is 8.94. The van der Waals surface area contributed by atoms with E-state index in [1.807, 2.05) is 0 Å². The zero-order chi connectivity index (χ0) is 10.1. The summed E-state index contributed by atoms with van der Waals surface area (Å²) < 4.78 is 5.12. The van der Waals surface area contributed by atoms with Crippen LogP contribution in [0.3, 0.4) is 0 Å². The number of hydrogen-bond donors (Lipinski definition) is 0. The molecule has 0 amide bonds. The molecule has 0 unspecified atom stereocenters. The number of cyclic esters (lactones) is 1. The largest absolute Gasteiger partial charge is 0.461 e. The van der Waals surface area contributed by atoms with Crippen molar-refractivity contribution >= 4 is 5.97 Å². The molecular formula is C11H18O2. The van der Waals surface area contributed by atoms with Gasteiger partial charge in [0.1, 0.15) is 6.61 Å². The lowest BCUT2D eigenvalue weighted by atomic mass is 9.82. The van der Waals surface area contributed by atoms with Crippen LogP contribution in [-0.2, 0) is 9.53 Å². The Hall–Kier alpha value is -0.790. The Bertz CT molecular complexity index is 245. The number of rotatable bonds is 0. The van der Waals surface area contributed by atoms with Gasteiger partial charge < -0.3 is 4.74 Å². The Balaban J connectivity index is 2.86. The summed E-state index contributed by atoms with van der Waals surface area (Å²) in [6.45, 7) is 8.87. The minimum absolute atomic E-state index is 0.0557. The average Bonchev–Trinajstić information content (AvgIpc) is 2.07. The highest BCUT2D eigenvalue weighted by Crippen LogP contribution is 2.33. The molecule has 1 aliphatic rings. The molecule has 0 aliphatic carbocycles. The lowest BCUT2D eigenvalue weighted by Crippen LogP contribution is -2.14. The van der Waals surface area contributed by atoms with Crippen LogP contribution in [0, 0.1) is 5.41 Å². The Kier molecular flexibility index (Phi) is 2.79. The summed E-state index contributed by atoms with van der Waals surface area (Å²) in [6, 6.07) is 0. The molecule has 1 rings (SSSR count). The third-order valence-corrected chi connectivity index (χ3v) is 2.43. The number of carbonyl (C=O) groups excluding carboxylic acids is 1. The fourth-order valence-corrected chi connectivity index (χ4v) is 1.62. The molecule has 1 fully saturated rings. The van der Waals surface area contributed by atoms with E-state index in [0.717, 1.165) is 6.42 Å². The lowest BCUT2D eigenvalue weighted by Gasteiger charge is -2.20. The van der Waals surface area contributed by atoms with Crippen LogP contribution in [0.15, 0.2) is 11.1 Å². The highest BCUT2D eigenvalue weighted by atomic mass is 16.5. The minimum atomic E-state index is -0.0683. The molecule has 1 saturated heterocycles. The van der Waals surface area contributed by atoms with Gasteiger partial charge in [0.25, 0.3) is 0 Å². The van der Waals surface area contributed by atoms with Crippen LogP contribution in [0.2, 0.25) is 0 Å². The van der Waals surface area contributed by atoms with Crippen molar-refractivity contribution in [1.82, 2.24) is 0 Å². The molecule has 1 aliphatic heterocycles. The predicted octanol–water partition coefficient (Wildman–Crippen LogP) is 2.69. The van der Waals surface area contributed by atoms with E-state index < -0.39 is 0 Å². The van der Waals surface area contributed by atoms with Gasteiger partial charge in [-0.15, -0.1) is 0 Å². The lowest BCUT2D eigenvalue weighted by molar-refractivity contribution is -0.143. The molecular weight excluding hydrogens is 164 g/mol. The van der Waals surface area contributed by atoms with Crippen molar-refractivity contribution in [2.75, 3.05) is 6.61 Å². The monoisotopic (exact) mass is 182 g/mol. The molecule has 0 saturated carbocycles.